The average molecular weight is 431 g/mol. The molecule has 0 amide bonds. The number of nitrogens with zero attached hydrogens (tertiary/aromatic N) is 2. The largest absolute Gasteiger partial charge is 0.466 e. The van der Waals surface area contributed by atoms with Gasteiger partial charge in [-0.2, -0.15) is 10.5 Å². The van der Waals surface area contributed by atoms with E-state index in [-0.39, 0.29) is 30.8 Å². The topological polar surface area (TPSA) is 83.1 Å². The highest BCUT2D eigenvalue weighted by atomic mass is 16.5. The van der Waals surface area contributed by atoms with Gasteiger partial charge in [0.15, 0.2) is 5.41 Å². The van der Waals surface area contributed by atoms with E-state index in [1.165, 1.54) is 0 Å². The van der Waals surface area contributed by atoms with Crippen molar-refractivity contribution in [1.29, 1.82) is 10.5 Å². The highest BCUT2D eigenvalue weighted by Crippen LogP contribution is 2.47. The Morgan fingerprint density at radius 1 is 1.09 bits per heavy atom. The quantitative estimate of drug-likeness (QED) is 0.603. The Balaban J connectivity index is 2.03. The third-order valence-corrected chi connectivity index (χ3v) is 6.35. The second-order valence-electron chi connectivity index (χ2n) is 8.54. The summed E-state index contributed by atoms with van der Waals surface area (Å²) in [5.41, 5.74) is 1.92. The fourth-order valence-corrected chi connectivity index (χ4v) is 4.79. The number of nitriles is 2. The molecule has 32 heavy (non-hydrogen) atoms. The lowest BCUT2D eigenvalue weighted by Crippen LogP contribution is -2.35. The minimum Gasteiger partial charge on any atom is -0.466 e. The lowest BCUT2D eigenvalue weighted by molar-refractivity contribution is -0.145. The van der Waals surface area contributed by atoms with Crippen LogP contribution in [0.5, 0.6) is 0 Å². The average Bonchev–Trinajstić information content (AvgIpc) is 2.87. The SMILES string of the molecule is CCOC(=O)CC1COCC(c2cccc(C)c2)CCC(C#N)(C#N)C1c1ccccc1. The van der Waals surface area contributed by atoms with Gasteiger partial charge in [0, 0.05) is 17.8 Å². The maximum atomic E-state index is 12.4. The number of ether oxygens (including phenoxy) is 2. The van der Waals surface area contributed by atoms with Crippen LogP contribution in [-0.4, -0.2) is 25.8 Å². The fraction of sp³-hybridized carbons (Fsp3) is 0.444. The first-order valence-electron chi connectivity index (χ1n) is 11.2. The number of rotatable bonds is 5. The molecule has 3 atom stereocenters. The van der Waals surface area contributed by atoms with Gasteiger partial charge < -0.3 is 9.47 Å². The Bertz CT molecular complexity index is 976. The van der Waals surface area contributed by atoms with Crippen molar-refractivity contribution in [2.75, 3.05) is 19.8 Å². The lowest BCUT2D eigenvalue weighted by Gasteiger charge is -2.35. The summed E-state index contributed by atoms with van der Waals surface area (Å²) < 4.78 is 11.4. The number of carbonyl (C=O) groups is 1. The van der Waals surface area contributed by atoms with E-state index < -0.39 is 11.3 Å². The second-order valence-corrected chi connectivity index (χ2v) is 8.54. The van der Waals surface area contributed by atoms with Gasteiger partial charge in [-0.05, 0) is 37.8 Å². The molecule has 0 bridgehead atoms. The van der Waals surface area contributed by atoms with E-state index in [0.717, 1.165) is 16.7 Å². The van der Waals surface area contributed by atoms with Crippen molar-refractivity contribution in [2.24, 2.45) is 11.3 Å². The Kier molecular flexibility index (Phi) is 8.03. The molecule has 3 unspecified atom stereocenters. The van der Waals surface area contributed by atoms with Gasteiger partial charge in [-0.15, -0.1) is 0 Å². The Labute approximate surface area is 190 Å². The van der Waals surface area contributed by atoms with Gasteiger partial charge in [0.1, 0.15) is 0 Å². The summed E-state index contributed by atoms with van der Waals surface area (Å²) in [5, 5.41) is 20.6. The highest BCUT2D eigenvalue weighted by Gasteiger charge is 2.46. The van der Waals surface area contributed by atoms with Crippen LogP contribution in [0.2, 0.25) is 0 Å². The molecular weight excluding hydrogens is 400 g/mol. The zero-order chi connectivity index (χ0) is 23.0. The standard InChI is InChI=1S/C27H30N2O3/c1-3-32-25(30)15-24-17-31-16-23(22-11-7-8-20(2)14-22)12-13-27(18-28,19-29)26(24)21-9-5-4-6-10-21/h4-11,14,23-24,26H,3,12-13,15-17H2,1-2H3. The van der Waals surface area contributed by atoms with Crippen LogP contribution in [-0.2, 0) is 14.3 Å². The summed E-state index contributed by atoms with van der Waals surface area (Å²) in [6.45, 7) is 4.88. The van der Waals surface area contributed by atoms with Crippen molar-refractivity contribution in [3.8, 4) is 12.1 Å². The number of hydrogen-bond donors (Lipinski definition) is 0. The van der Waals surface area contributed by atoms with E-state index in [0.29, 0.717) is 26.1 Å². The molecule has 1 aliphatic heterocycles. The van der Waals surface area contributed by atoms with Crippen LogP contribution in [0.3, 0.4) is 0 Å². The molecular formula is C27H30N2O3. The van der Waals surface area contributed by atoms with Crippen molar-refractivity contribution < 1.29 is 14.3 Å². The first-order chi connectivity index (χ1) is 15.5. The molecule has 0 N–H and O–H groups in total. The van der Waals surface area contributed by atoms with E-state index in [2.05, 4.69) is 37.3 Å². The summed E-state index contributed by atoms with van der Waals surface area (Å²) in [5.74, 6) is -1.05. The van der Waals surface area contributed by atoms with Crippen LogP contribution in [0.15, 0.2) is 54.6 Å². The van der Waals surface area contributed by atoms with Gasteiger partial charge in [-0.1, -0.05) is 60.2 Å². The van der Waals surface area contributed by atoms with Gasteiger partial charge in [0.25, 0.3) is 0 Å². The van der Waals surface area contributed by atoms with Crippen LogP contribution in [0, 0.1) is 40.9 Å². The molecule has 166 valence electrons. The summed E-state index contributed by atoms with van der Waals surface area (Å²) in [6, 6.07) is 22.6. The fourth-order valence-electron chi connectivity index (χ4n) is 4.79. The van der Waals surface area contributed by atoms with Crippen LogP contribution in [0.25, 0.3) is 0 Å². The monoisotopic (exact) mass is 430 g/mol. The maximum absolute atomic E-state index is 12.4. The Morgan fingerprint density at radius 2 is 1.81 bits per heavy atom. The molecule has 2 aromatic rings. The highest BCUT2D eigenvalue weighted by molar-refractivity contribution is 5.70. The van der Waals surface area contributed by atoms with Crippen LogP contribution < -0.4 is 0 Å². The summed E-state index contributed by atoms with van der Waals surface area (Å²) in [6.07, 6.45) is 1.16. The van der Waals surface area contributed by atoms with Crippen molar-refractivity contribution in [2.45, 2.75) is 44.9 Å². The molecule has 1 fully saturated rings. The van der Waals surface area contributed by atoms with E-state index >= 15 is 0 Å². The summed E-state index contributed by atoms with van der Waals surface area (Å²) >= 11 is 0. The van der Waals surface area contributed by atoms with E-state index in [4.69, 9.17) is 9.47 Å². The smallest absolute Gasteiger partial charge is 0.306 e. The predicted molar refractivity (Wildman–Crippen MR) is 122 cm³/mol. The number of esters is 1. The minimum atomic E-state index is -1.27. The van der Waals surface area contributed by atoms with Gasteiger partial charge >= 0.3 is 5.97 Å². The molecule has 0 aliphatic carbocycles. The Morgan fingerprint density at radius 3 is 2.47 bits per heavy atom. The molecule has 1 aliphatic rings. The minimum absolute atomic E-state index is 0.0775. The van der Waals surface area contributed by atoms with Gasteiger partial charge in [-0.3, -0.25) is 4.79 Å². The van der Waals surface area contributed by atoms with Crippen molar-refractivity contribution >= 4 is 5.97 Å². The van der Waals surface area contributed by atoms with Crippen molar-refractivity contribution in [3.05, 3.63) is 71.3 Å². The third-order valence-electron chi connectivity index (χ3n) is 6.35. The molecule has 1 heterocycles. The molecule has 0 saturated carbocycles. The number of carbonyl (C=O) groups excluding carboxylic acids is 1. The lowest BCUT2D eigenvalue weighted by atomic mass is 9.64. The summed E-state index contributed by atoms with van der Waals surface area (Å²) in [7, 11) is 0. The maximum Gasteiger partial charge on any atom is 0.306 e. The molecule has 1 saturated heterocycles. The van der Waals surface area contributed by atoms with Gasteiger partial charge in [0.05, 0.1) is 38.4 Å². The Hall–Kier alpha value is -3.15. The molecule has 0 aromatic heterocycles. The number of hydrogen-bond acceptors (Lipinski definition) is 5. The molecule has 5 nitrogen and oxygen atoms in total. The second kappa shape index (κ2) is 10.9. The molecule has 0 spiro atoms. The first kappa shape index (κ1) is 23.5. The van der Waals surface area contributed by atoms with Crippen molar-refractivity contribution in [3.63, 3.8) is 0 Å². The molecule has 5 heteroatoms. The molecule has 0 radical (unpaired) electrons. The molecule has 2 aromatic carbocycles. The van der Waals surface area contributed by atoms with E-state index in [1.54, 1.807) is 6.92 Å². The predicted octanol–water partition coefficient (Wildman–Crippen LogP) is 5.28. The van der Waals surface area contributed by atoms with Gasteiger partial charge in [0.2, 0.25) is 0 Å². The number of aryl methyl sites for hydroxylation is 1. The normalized spacial score (nSPS) is 22.9. The van der Waals surface area contributed by atoms with E-state index in [1.807, 2.05) is 36.4 Å². The van der Waals surface area contributed by atoms with Crippen LogP contribution in [0.1, 0.15) is 54.7 Å². The number of benzene rings is 2. The molecule has 3 rings (SSSR count). The van der Waals surface area contributed by atoms with E-state index in [9.17, 15) is 15.3 Å². The first-order valence-corrected chi connectivity index (χ1v) is 11.2. The van der Waals surface area contributed by atoms with Crippen molar-refractivity contribution in [1.82, 2.24) is 0 Å². The zero-order valence-corrected chi connectivity index (χ0v) is 18.8. The zero-order valence-electron chi connectivity index (χ0n) is 18.8. The summed E-state index contributed by atoms with van der Waals surface area (Å²) in [4.78, 5) is 12.4. The third kappa shape index (κ3) is 5.36. The van der Waals surface area contributed by atoms with Gasteiger partial charge in [-0.25, -0.2) is 0 Å². The van der Waals surface area contributed by atoms with Crippen LogP contribution >= 0.6 is 0 Å². The van der Waals surface area contributed by atoms with Crippen LogP contribution in [0.4, 0.5) is 0 Å².